The summed E-state index contributed by atoms with van der Waals surface area (Å²) < 4.78 is 10.5. The van der Waals surface area contributed by atoms with Crippen molar-refractivity contribution in [2.24, 2.45) is 0 Å². The summed E-state index contributed by atoms with van der Waals surface area (Å²) in [5.41, 5.74) is -0.0787. The molecule has 1 fully saturated rings. The minimum Gasteiger partial charge on any atom is -0.481 e. The van der Waals surface area contributed by atoms with Crippen LogP contribution < -0.4 is 0 Å². The Morgan fingerprint density at radius 1 is 1.18 bits per heavy atom. The van der Waals surface area contributed by atoms with E-state index in [0.29, 0.717) is 12.8 Å². The molecule has 0 atom stereocenters. The zero-order valence-electron chi connectivity index (χ0n) is 9.97. The van der Waals surface area contributed by atoms with Gasteiger partial charge in [-0.1, -0.05) is 30.3 Å². The van der Waals surface area contributed by atoms with E-state index in [0.717, 1.165) is 5.56 Å². The highest BCUT2D eigenvalue weighted by atomic mass is 16.7. The number of hydrogen-bond acceptors (Lipinski definition) is 3. The van der Waals surface area contributed by atoms with Gasteiger partial charge in [0.05, 0.1) is 0 Å². The summed E-state index contributed by atoms with van der Waals surface area (Å²) in [5, 5.41) is 9.45. The summed E-state index contributed by atoms with van der Waals surface area (Å²) >= 11 is 0. The summed E-state index contributed by atoms with van der Waals surface area (Å²) in [5.74, 6) is -1.58. The largest absolute Gasteiger partial charge is 0.481 e. The highest BCUT2D eigenvalue weighted by Gasteiger charge is 2.61. The Hall–Kier alpha value is -1.39. The third-order valence-corrected chi connectivity index (χ3v) is 3.62. The van der Waals surface area contributed by atoms with E-state index in [1.807, 2.05) is 30.3 Å². The van der Waals surface area contributed by atoms with Crippen LogP contribution in [0.25, 0.3) is 0 Å². The first-order valence-electron chi connectivity index (χ1n) is 5.48. The highest BCUT2D eigenvalue weighted by Crippen LogP contribution is 2.52. The van der Waals surface area contributed by atoms with E-state index in [4.69, 9.17) is 9.47 Å². The molecule has 17 heavy (non-hydrogen) atoms. The number of benzene rings is 1. The molecule has 1 aliphatic carbocycles. The molecule has 4 nitrogen and oxygen atoms in total. The van der Waals surface area contributed by atoms with Gasteiger partial charge in [0.1, 0.15) is 5.41 Å². The second-order valence-corrected chi connectivity index (χ2v) is 4.43. The van der Waals surface area contributed by atoms with Crippen molar-refractivity contribution in [3.8, 4) is 0 Å². The smallest absolute Gasteiger partial charge is 0.314 e. The zero-order valence-corrected chi connectivity index (χ0v) is 9.97. The van der Waals surface area contributed by atoms with Crippen LogP contribution in [-0.2, 0) is 19.7 Å². The predicted molar refractivity (Wildman–Crippen MR) is 61.7 cm³/mol. The predicted octanol–water partition coefficient (Wildman–Crippen LogP) is 1.79. The molecule has 1 N–H and O–H groups in total. The first kappa shape index (κ1) is 12.1. The first-order chi connectivity index (χ1) is 8.08. The number of carboxylic acids is 1. The fraction of sp³-hybridized carbons (Fsp3) is 0.462. The van der Waals surface area contributed by atoms with E-state index in [1.165, 1.54) is 0 Å². The number of carboxylic acid groups (broad SMARTS) is 1. The summed E-state index contributed by atoms with van der Waals surface area (Å²) in [4.78, 5) is 11.5. The number of carbonyl (C=O) groups is 1. The van der Waals surface area contributed by atoms with Crippen LogP contribution in [-0.4, -0.2) is 31.1 Å². The van der Waals surface area contributed by atoms with Crippen LogP contribution in [0.4, 0.5) is 0 Å². The molecular formula is C13H16O4. The number of methoxy groups -OCH3 is 2. The lowest BCUT2D eigenvalue weighted by Gasteiger charge is -2.51. The van der Waals surface area contributed by atoms with Gasteiger partial charge in [-0.15, -0.1) is 0 Å². The van der Waals surface area contributed by atoms with E-state index >= 15 is 0 Å². The van der Waals surface area contributed by atoms with Crippen LogP contribution in [0.2, 0.25) is 0 Å². The SMILES string of the molecule is COC1(OC)CC(C(=O)O)(c2ccccc2)C1. The normalized spacial score (nSPS) is 20.6. The van der Waals surface area contributed by atoms with Crippen LogP contribution in [0.3, 0.4) is 0 Å². The van der Waals surface area contributed by atoms with Crippen molar-refractivity contribution in [2.45, 2.75) is 24.0 Å². The molecule has 1 aromatic rings. The molecule has 0 radical (unpaired) electrons. The van der Waals surface area contributed by atoms with Gasteiger partial charge in [-0.25, -0.2) is 0 Å². The number of ether oxygens (including phenoxy) is 2. The van der Waals surface area contributed by atoms with Gasteiger partial charge < -0.3 is 14.6 Å². The quantitative estimate of drug-likeness (QED) is 0.810. The maximum Gasteiger partial charge on any atom is 0.314 e. The Morgan fingerprint density at radius 2 is 1.71 bits per heavy atom. The third-order valence-electron chi connectivity index (χ3n) is 3.62. The maximum atomic E-state index is 11.5. The molecule has 92 valence electrons. The third kappa shape index (κ3) is 1.73. The van der Waals surface area contributed by atoms with Crippen LogP contribution >= 0.6 is 0 Å². The molecule has 0 spiro atoms. The maximum absolute atomic E-state index is 11.5. The Bertz CT molecular complexity index is 401. The number of rotatable bonds is 4. The minimum atomic E-state index is -0.882. The zero-order chi connectivity index (χ0) is 12.5. The van der Waals surface area contributed by atoms with Crippen LogP contribution in [0.1, 0.15) is 18.4 Å². The Morgan fingerprint density at radius 3 is 2.12 bits per heavy atom. The minimum absolute atomic E-state index is 0.340. The Kier molecular flexibility index (Phi) is 2.93. The second kappa shape index (κ2) is 4.13. The van der Waals surface area contributed by atoms with Crippen molar-refractivity contribution in [2.75, 3.05) is 14.2 Å². The Balaban J connectivity index is 2.31. The summed E-state index contributed by atoms with van der Waals surface area (Å²) in [7, 11) is 3.08. The van der Waals surface area contributed by atoms with Crippen molar-refractivity contribution in [3.05, 3.63) is 35.9 Å². The molecule has 2 rings (SSSR count). The van der Waals surface area contributed by atoms with Crippen molar-refractivity contribution in [1.82, 2.24) is 0 Å². The summed E-state index contributed by atoms with van der Waals surface area (Å²) in [6.45, 7) is 0. The second-order valence-electron chi connectivity index (χ2n) is 4.43. The van der Waals surface area contributed by atoms with E-state index in [9.17, 15) is 9.90 Å². The topological polar surface area (TPSA) is 55.8 Å². The number of hydrogen-bond donors (Lipinski definition) is 1. The molecule has 1 saturated carbocycles. The van der Waals surface area contributed by atoms with Crippen molar-refractivity contribution in [3.63, 3.8) is 0 Å². The van der Waals surface area contributed by atoms with Gasteiger partial charge in [0.25, 0.3) is 0 Å². The molecule has 0 heterocycles. The van der Waals surface area contributed by atoms with E-state index in [-0.39, 0.29) is 0 Å². The summed E-state index contributed by atoms with van der Waals surface area (Å²) in [6.07, 6.45) is 0.679. The fourth-order valence-corrected chi connectivity index (χ4v) is 2.48. The van der Waals surface area contributed by atoms with Crippen molar-refractivity contribution < 1.29 is 19.4 Å². The molecular weight excluding hydrogens is 220 g/mol. The Labute approximate surface area is 100 Å². The van der Waals surface area contributed by atoms with Crippen molar-refractivity contribution >= 4 is 5.97 Å². The molecule has 0 bridgehead atoms. The van der Waals surface area contributed by atoms with E-state index in [2.05, 4.69) is 0 Å². The van der Waals surface area contributed by atoms with Gasteiger partial charge in [0.15, 0.2) is 5.79 Å². The average Bonchev–Trinajstić information content (AvgIpc) is 2.30. The monoisotopic (exact) mass is 236 g/mol. The summed E-state index contributed by atoms with van der Waals surface area (Å²) in [6, 6.07) is 9.24. The standard InChI is InChI=1S/C13H16O4/c1-16-13(17-2)8-12(9-13,11(14)15)10-6-4-3-5-7-10/h3-7H,8-9H2,1-2H3,(H,14,15). The molecule has 0 unspecified atom stereocenters. The molecule has 0 saturated heterocycles. The van der Waals surface area contributed by atoms with E-state index in [1.54, 1.807) is 14.2 Å². The number of aliphatic carboxylic acids is 1. The van der Waals surface area contributed by atoms with Crippen LogP contribution in [0, 0.1) is 0 Å². The lowest BCUT2D eigenvalue weighted by molar-refractivity contribution is -0.277. The van der Waals surface area contributed by atoms with Crippen LogP contribution in [0.15, 0.2) is 30.3 Å². The fourth-order valence-electron chi connectivity index (χ4n) is 2.48. The average molecular weight is 236 g/mol. The van der Waals surface area contributed by atoms with Gasteiger partial charge in [-0.2, -0.15) is 0 Å². The molecule has 4 heteroatoms. The molecule has 1 aliphatic rings. The van der Waals surface area contributed by atoms with Crippen molar-refractivity contribution in [1.29, 1.82) is 0 Å². The lowest BCUT2D eigenvalue weighted by Crippen LogP contribution is -2.60. The lowest BCUT2D eigenvalue weighted by atomic mass is 9.60. The molecule has 1 aromatic carbocycles. The van der Waals surface area contributed by atoms with Crippen LogP contribution in [0.5, 0.6) is 0 Å². The van der Waals surface area contributed by atoms with Gasteiger partial charge in [0.2, 0.25) is 0 Å². The molecule has 0 aromatic heterocycles. The van der Waals surface area contributed by atoms with Gasteiger partial charge in [-0.3, -0.25) is 4.79 Å². The van der Waals surface area contributed by atoms with Gasteiger partial charge in [-0.05, 0) is 5.56 Å². The first-order valence-corrected chi connectivity index (χ1v) is 5.48. The van der Waals surface area contributed by atoms with Gasteiger partial charge in [0, 0.05) is 27.1 Å². The highest BCUT2D eigenvalue weighted by molar-refractivity contribution is 5.83. The molecule has 0 aliphatic heterocycles. The van der Waals surface area contributed by atoms with E-state index < -0.39 is 17.2 Å². The molecule has 0 amide bonds. The van der Waals surface area contributed by atoms with Gasteiger partial charge >= 0.3 is 5.97 Å².